The van der Waals surface area contributed by atoms with Crippen LogP contribution in [0.5, 0.6) is 5.75 Å². The van der Waals surface area contributed by atoms with E-state index in [1.54, 1.807) is 30.3 Å². The van der Waals surface area contributed by atoms with E-state index in [0.717, 1.165) is 5.56 Å². The second kappa shape index (κ2) is 7.74. The van der Waals surface area contributed by atoms with Gasteiger partial charge in [-0.25, -0.2) is 4.39 Å². The Hall–Kier alpha value is -2.60. The van der Waals surface area contributed by atoms with Crippen molar-refractivity contribution in [2.24, 2.45) is 5.92 Å². The number of carbonyl (C=O) groups is 2. The number of anilines is 1. The summed E-state index contributed by atoms with van der Waals surface area (Å²) in [5.41, 5.74) is 1.34. The Morgan fingerprint density at radius 1 is 1.31 bits per heavy atom. The molecule has 1 unspecified atom stereocenters. The zero-order valence-corrected chi connectivity index (χ0v) is 14.9. The van der Waals surface area contributed by atoms with Crippen molar-refractivity contribution in [3.8, 4) is 5.75 Å². The van der Waals surface area contributed by atoms with Crippen molar-refractivity contribution in [3.63, 3.8) is 0 Å². The summed E-state index contributed by atoms with van der Waals surface area (Å²) in [6.45, 7) is 0.537. The molecule has 1 aliphatic rings. The van der Waals surface area contributed by atoms with Gasteiger partial charge in [0.1, 0.15) is 11.6 Å². The fourth-order valence-corrected chi connectivity index (χ4v) is 3.09. The second-order valence-corrected chi connectivity index (χ2v) is 6.50. The van der Waals surface area contributed by atoms with Gasteiger partial charge in [-0.3, -0.25) is 9.59 Å². The molecule has 2 aromatic rings. The van der Waals surface area contributed by atoms with E-state index in [4.69, 9.17) is 16.3 Å². The molecule has 2 aromatic carbocycles. The summed E-state index contributed by atoms with van der Waals surface area (Å²) in [7, 11) is 1.51. The Morgan fingerprint density at radius 3 is 2.73 bits per heavy atom. The molecule has 0 radical (unpaired) electrons. The Kier molecular flexibility index (Phi) is 5.42. The molecule has 2 amide bonds. The lowest BCUT2D eigenvalue weighted by atomic mass is 10.1. The standard InChI is InChI=1S/C19H18ClFN2O3/c1-26-17-7-4-14(20)9-16(17)23-11-13(8-18(23)24)19(25)22-10-12-2-5-15(21)6-3-12/h2-7,9,13H,8,10-11H2,1H3,(H,22,25). The van der Waals surface area contributed by atoms with Crippen molar-refractivity contribution in [1.82, 2.24) is 5.32 Å². The van der Waals surface area contributed by atoms with Crippen molar-refractivity contribution < 1.29 is 18.7 Å². The van der Waals surface area contributed by atoms with Gasteiger partial charge in [-0.05, 0) is 35.9 Å². The third kappa shape index (κ3) is 3.96. The predicted octanol–water partition coefficient (Wildman–Crippen LogP) is 3.16. The Bertz CT molecular complexity index is 826. The van der Waals surface area contributed by atoms with E-state index in [-0.39, 0.29) is 37.1 Å². The van der Waals surface area contributed by atoms with E-state index >= 15 is 0 Å². The molecule has 0 aliphatic carbocycles. The fraction of sp³-hybridized carbons (Fsp3) is 0.263. The van der Waals surface area contributed by atoms with Gasteiger partial charge in [0.05, 0.1) is 18.7 Å². The van der Waals surface area contributed by atoms with E-state index < -0.39 is 5.92 Å². The molecule has 1 heterocycles. The minimum Gasteiger partial charge on any atom is -0.495 e. The highest BCUT2D eigenvalue weighted by molar-refractivity contribution is 6.31. The maximum absolute atomic E-state index is 12.9. The van der Waals surface area contributed by atoms with Crippen LogP contribution in [0, 0.1) is 11.7 Å². The molecule has 0 saturated carbocycles. The first-order valence-electron chi connectivity index (χ1n) is 8.14. The van der Waals surface area contributed by atoms with Crippen molar-refractivity contribution in [1.29, 1.82) is 0 Å². The number of ether oxygens (including phenoxy) is 1. The van der Waals surface area contributed by atoms with Gasteiger partial charge >= 0.3 is 0 Å². The monoisotopic (exact) mass is 376 g/mol. The minimum absolute atomic E-state index is 0.116. The van der Waals surface area contributed by atoms with Gasteiger partial charge in [0.25, 0.3) is 0 Å². The summed E-state index contributed by atoms with van der Waals surface area (Å²) in [6.07, 6.45) is 0.116. The van der Waals surface area contributed by atoms with Gasteiger partial charge in [-0.15, -0.1) is 0 Å². The maximum atomic E-state index is 12.9. The molecule has 5 nitrogen and oxygen atoms in total. The van der Waals surface area contributed by atoms with Crippen molar-refractivity contribution in [2.45, 2.75) is 13.0 Å². The summed E-state index contributed by atoms with van der Waals surface area (Å²) in [5.74, 6) is -0.645. The smallest absolute Gasteiger partial charge is 0.227 e. The minimum atomic E-state index is -0.466. The SMILES string of the molecule is COc1ccc(Cl)cc1N1CC(C(=O)NCc2ccc(F)cc2)CC1=O. The van der Waals surface area contributed by atoms with Crippen molar-refractivity contribution in [3.05, 3.63) is 58.9 Å². The summed E-state index contributed by atoms with van der Waals surface area (Å²) in [5, 5.41) is 3.28. The van der Waals surface area contributed by atoms with Crippen LogP contribution in [0.2, 0.25) is 5.02 Å². The van der Waals surface area contributed by atoms with Gasteiger partial charge in [0.2, 0.25) is 11.8 Å². The van der Waals surface area contributed by atoms with Crippen LogP contribution in [-0.4, -0.2) is 25.5 Å². The molecule has 26 heavy (non-hydrogen) atoms. The van der Waals surface area contributed by atoms with Crippen LogP contribution >= 0.6 is 11.6 Å². The molecule has 1 aliphatic heterocycles. The number of amides is 2. The number of halogens is 2. The van der Waals surface area contributed by atoms with Gasteiger partial charge in [0.15, 0.2) is 0 Å². The average molecular weight is 377 g/mol. The van der Waals surface area contributed by atoms with Crippen molar-refractivity contribution >= 4 is 29.1 Å². The summed E-state index contributed by atoms with van der Waals surface area (Å²) in [4.78, 5) is 26.3. The summed E-state index contributed by atoms with van der Waals surface area (Å²) < 4.78 is 18.2. The van der Waals surface area contributed by atoms with Crippen LogP contribution in [0.25, 0.3) is 0 Å². The summed E-state index contributed by atoms with van der Waals surface area (Å²) >= 11 is 6.03. The highest BCUT2D eigenvalue weighted by Gasteiger charge is 2.36. The molecule has 1 N–H and O–H groups in total. The van der Waals surface area contributed by atoms with Crippen LogP contribution in [0.15, 0.2) is 42.5 Å². The number of hydrogen-bond acceptors (Lipinski definition) is 3. The van der Waals surface area contributed by atoms with Crippen molar-refractivity contribution in [2.75, 3.05) is 18.6 Å². The molecule has 0 bridgehead atoms. The average Bonchev–Trinajstić information content (AvgIpc) is 3.02. The maximum Gasteiger partial charge on any atom is 0.227 e. The first-order chi connectivity index (χ1) is 12.5. The van der Waals surface area contributed by atoms with Gasteiger partial charge < -0.3 is 15.0 Å². The first kappa shape index (κ1) is 18.2. The number of benzene rings is 2. The van der Waals surface area contributed by atoms with Gasteiger partial charge in [-0.1, -0.05) is 23.7 Å². The largest absolute Gasteiger partial charge is 0.495 e. The molecule has 3 rings (SSSR count). The van der Waals surface area contributed by atoms with Crippen LogP contribution in [0.3, 0.4) is 0 Å². The van der Waals surface area contributed by atoms with Crippen LogP contribution < -0.4 is 15.0 Å². The number of nitrogens with zero attached hydrogens (tertiary/aromatic N) is 1. The lowest BCUT2D eigenvalue weighted by molar-refractivity contribution is -0.126. The third-order valence-electron chi connectivity index (χ3n) is 4.31. The number of methoxy groups -OCH3 is 1. The Balaban J connectivity index is 1.66. The molecule has 7 heteroatoms. The second-order valence-electron chi connectivity index (χ2n) is 6.07. The van der Waals surface area contributed by atoms with Gasteiger partial charge in [0, 0.05) is 24.5 Å². The highest BCUT2D eigenvalue weighted by Crippen LogP contribution is 2.35. The Morgan fingerprint density at radius 2 is 2.04 bits per heavy atom. The van der Waals surface area contributed by atoms with Gasteiger partial charge in [-0.2, -0.15) is 0 Å². The molecular formula is C19H18ClFN2O3. The predicted molar refractivity (Wildman–Crippen MR) is 96.7 cm³/mol. The molecule has 136 valence electrons. The third-order valence-corrected chi connectivity index (χ3v) is 4.54. The van der Waals surface area contributed by atoms with E-state index in [1.807, 2.05) is 0 Å². The lowest BCUT2D eigenvalue weighted by Crippen LogP contribution is -2.32. The number of carbonyl (C=O) groups excluding carboxylic acids is 2. The molecule has 1 atom stereocenters. The highest BCUT2D eigenvalue weighted by atomic mass is 35.5. The van der Waals surface area contributed by atoms with E-state index in [9.17, 15) is 14.0 Å². The molecular weight excluding hydrogens is 359 g/mol. The zero-order chi connectivity index (χ0) is 18.7. The fourth-order valence-electron chi connectivity index (χ4n) is 2.93. The zero-order valence-electron chi connectivity index (χ0n) is 14.2. The Labute approximate surface area is 155 Å². The molecule has 0 aromatic heterocycles. The van der Waals surface area contributed by atoms with Crippen LogP contribution in [0.4, 0.5) is 10.1 Å². The number of hydrogen-bond donors (Lipinski definition) is 1. The van der Waals surface area contributed by atoms with Crippen LogP contribution in [-0.2, 0) is 16.1 Å². The summed E-state index contributed by atoms with van der Waals surface area (Å²) in [6, 6.07) is 10.9. The normalized spacial score (nSPS) is 16.7. The number of nitrogens with one attached hydrogen (secondary N) is 1. The quantitative estimate of drug-likeness (QED) is 0.872. The first-order valence-corrected chi connectivity index (χ1v) is 8.52. The molecule has 1 fully saturated rings. The topological polar surface area (TPSA) is 58.6 Å². The van der Waals surface area contributed by atoms with Crippen LogP contribution in [0.1, 0.15) is 12.0 Å². The molecule has 0 spiro atoms. The number of rotatable bonds is 5. The van der Waals surface area contributed by atoms with E-state index in [0.29, 0.717) is 16.5 Å². The van der Waals surface area contributed by atoms with E-state index in [1.165, 1.54) is 24.1 Å². The lowest BCUT2D eigenvalue weighted by Gasteiger charge is -2.20. The molecule has 1 saturated heterocycles. The van der Waals surface area contributed by atoms with E-state index in [2.05, 4.69) is 5.32 Å².